The van der Waals surface area contributed by atoms with Gasteiger partial charge in [0, 0.05) is 12.1 Å². The maximum atomic E-state index is 10.5. The van der Waals surface area contributed by atoms with Gasteiger partial charge in [0.15, 0.2) is 6.23 Å². The highest BCUT2D eigenvalue weighted by Crippen LogP contribution is 2.46. The number of nitrogens with zero attached hydrogens (tertiary/aromatic N) is 3. The molecule has 2 fully saturated rings. The monoisotopic (exact) mass is 291 g/mol. The van der Waals surface area contributed by atoms with Crippen molar-refractivity contribution in [2.45, 2.75) is 31.3 Å². The molecule has 6 heteroatoms. The van der Waals surface area contributed by atoms with Crippen molar-refractivity contribution >= 4 is 22.6 Å². The minimum atomic E-state index is -0.552. The molecular weight excluding hydrogens is 278 g/mol. The van der Waals surface area contributed by atoms with E-state index in [0.29, 0.717) is 10.8 Å². The normalized spacial score (nSPS) is 33.0. The molecule has 1 saturated heterocycles. The number of hydrogen-bond acceptors (Lipinski definition) is 4. The van der Waals surface area contributed by atoms with Crippen molar-refractivity contribution in [1.29, 1.82) is 0 Å². The van der Waals surface area contributed by atoms with Crippen molar-refractivity contribution in [3.05, 3.63) is 35.9 Å². The van der Waals surface area contributed by atoms with E-state index in [1.807, 2.05) is 16.8 Å². The van der Waals surface area contributed by atoms with Crippen molar-refractivity contribution in [2.24, 2.45) is 5.92 Å². The van der Waals surface area contributed by atoms with Gasteiger partial charge >= 0.3 is 0 Å². The highest BCUT2D eigenvalue weighted by molar-refractivity contribution is 6.33. The summed E-state index contributed by atoms with van der Waals surface area (Å²) in [4.78, 5) is 8.21. The Hall–Kier alpha value is -1.43. The summed E-state index contributed by atoms with van der Waals surface area (Å²) in [5, 5.41) is 11.7. The number of fused-ring (bicyclic) bond motifs is 2. The first-order chi connectivity index (χ1) is 9.66. The molecule has 0 radical (unpaired) electrons. The van der Waals surface area contributed by atoms with E-state index in [1.165, 1.54) is 6.33 Å². The van der Waals surface area contributed by atoms with Gasteiger partial charge in [-0.25, -0.2) is 9.97 Å². The minimum Gasteiger partial charge on any atom is -0.388 e. The first-order valence-electron chi connectivity index (χ1n) is 6.65. The summed E-state index contributed by atoms with van der Waals surface area (Å²) < 4.78 is 7.84. The fourth-order valence-corrected chi connectivity index (χ4v) is 3.50. The quantitative estimate of drug-likeness (QED) is 0.647. The lowest BCUT2D eigenvalue weighted by atomic mass is 10.0. The summed E-state index contributed by atoms with van der Waals surface area (Å²) in [6, 6.07) is 1.84. The molecule has 3 heterocycles. The Morgan fingerprint density at radius 3 is 3.10 bits per heavy atom. The molecule has 2 aliphatic rings. The molecule has 4 rings (SSSR count). The SMILES string of the molecule is C=C1CCC2[C@@H]1O[C@@H](n1ccc3c(Cl)ncnc31)[C@@H]2O. The molecule has 1 unspecified atom stereocenters. The highest BCUT2D eigenvalue weighted by atomic mass is 35.5. The van der Waals surface area contributed by atoms with Crippen LogP contribution in [-0.2, 0) is 4.74 Å². The molecule has 2 aromatic heterocycles. The first-order valence-corrected chi connectivity index (χ1v) is 7.03. The zero-order chi connectivity index (χ0) is 13.9. The maximum Gasteiger partial charge on any atom is 0.162 e. The van der Waals surface area contributed by atoms with Gasteiger partial charge in [0.1, 0.15) is 23.2 Å². The molecule has 4 atom stereocenters. The van der Waals surface area contributed by atoms with Crippen molar-refractivity contribution in [3.8, 4) is 0 Å². The van der Waals surface area contributed by atoms with Gasteiger partial charge < -0.3 is 14.4 Å². The Morgan fingerprint density at radius 1 is 1.45 bits per heavy atom. The molecule has 0 spiro atoms. The summed E-state index contributed by atoms with van der Waals surface area (Å²) >= 11 is 6.05. The van der Waals surface area contributed by atoms with Crippen LogP contribution in [0.4, 0.5) is 0 Å². The van der Waals surface area contributed by atoms with Crippen LogP contribution in [-0.4, -0.2) is 31.8 Å². The topological polar surface area (TPSA) is 60.2 Å². The van der Waals surface area contributed by atoms with E-state index in [4.69, 9.17) is 16.3 Å². The second-order valence-corrected chi connectivity index (χ2v) is 5.78. The average Bonchev–Trinajstić information content (AvgIpc) is 3.08. The number of hydrogen-bond donors (Lipinski definition) is 1. The Bertz CT molecular complexity index is 699. The smallest absolute Gasteiger partial charge is 0.162 e. The van der Waals surface area contributed by atoms with Gasteiger partial charge in [0.2, 0.25) is 0 Å². The van der Waals surface area contributed by atoms with Crippen LogP contribution < -0.4 is 0 Å². The van der Waals surface area contributed by atoms with Crippen LogP contribution in [0.2, 0.25) is 5.15 Å². The van der Waals surface area contributed by atoms with Crippen molar-refractivity contribution in [3.63, 3.8) is 0 Å². The first kappa shape index (κ1) is 12.3. The van der Waals surface area contributed by atoms with Crippen molar-refractivity contribution in [2.75, 3.05) is 0 Å². The average molecular weight is 292 g/mol. The molecule has 104 valence electrons. The fraction of sp³-hybridized carbons (Fsp3) is 0.429. The summed E-state index contributed by atoms with van der Waals surface area (Å²) in [6.07, 6.45) is 4.07. The van der Waals surface area contributed by atoms with E-state index in [2.05, 4.69) is 16.5 Å². The Labute approximate surface area is 120 Å². The van der Waals surface area contributed by atoms with Crippen LogP contribution in [0.1, 0.15) is 19.1 Å². The molecule has 2 aromatic rings. The van der Waals surface area contributed by atoms with Gasteiger partial charge in [-0.3, -0.25) is 0 Å². The summed E-state index contributed by atoms with van der Waals surface area (Å²) in [5.41, 5.74) is 1.75. The largest absolute Gasteiger partial charge is 0.388 e. The molecule has 1 aliphatic heterocycles. The number of aliphatic hydroxyl groups excluding tert-OH is 1. The predicted molar refractivity (Wildman–Crippen MR) is 74.3 cm³/mol. The van der Waals surface area contributed by atoms with E-state index in [0.717, 1.165) is 23.8 Å². The molecule has 1 N–H and O–H groups in total. The molecule has 1 aliphatic carbocycles. The van der Waals surface area contributed by atoms with Crippen LogP contribution in [0.5, 0.6) is 0 Å². The van der Waals surface area contributed by atoms with Crippen LogP contribution in [0.15, 0.2) is 30.7 Å². The Balaban J connectivity index is 1.77. The van der Waals surface area contributed by atoms with Crippen molar-refractivity contribution < 1.29 is 9.84 Å². The second-order valence-electron chi connectivity index (χ2n) is 5.42. The van der Waals surface area contributed by atoms with Crippen molar-refractivity contribution in [1.82, 2.24) is 14.5 Å². The summed E-state index contributed by atoms with van der Waals surface area (Å²) in [6.45, 7) is 4.03. The second kappa shape index (κ2) is 4.28. The van der Waals surface area contributed by atoms with Crippen LogP contribution in [0.25, 0.3) is 11.0 Å². The van der Waals surface area contributed by atoms with E-state index < -0.39 is 12.3 Å². The van der Waals surface area contributed by atoms with E-state index in [-0.39, 0.29) is 12.0 Å². The van der Waals surface area contributed by atoms with Gasteiger partial charge in [0.05, 0.1) is 11.5 Å². The molecule has 20 heavy (non-hydrogen) atoms. The zero-order valence-corrected chi connectivity index (χ0v) is 11.5. The molecule has 0 amide bonds. The fourth-order valence-electron chi connectivity index (χ4n) is 3.31. The minimum absolute atomic E-state index is 0.0511. The molecule has 0 bridgehead atoms. The Morgan fingerprint density at radius 2 is 2.30 bits per heavy atom. The van der Waals surface area contributed by atoms with E-state index in [9.17, 15) is 5.11 Å². The lowest BCUT2D eigenvalue weighted by Crippen LogP contribution is -2.24. The lowest BCUT2D eigenvalue weighted by molar-refractivity contribution is -0.0268. The van der Waals surface area contributed by atoms with Gasteiger partial charge in [-0.2, -0.15) is 0 Å². The Kier molecular flexibility index (Phi) is 2.64. The van der Waals surface area contributed by atoms with Gasteiger partial charge in [0.25, 0.3) is 0 Å². The van der Waals surface area contributed by atoms with E-state index in [1.54, 1.807) is 0 Å². The van der Waals surface area contributed by atoms with E-state index >= 15 is 0 Å². The number of ether oxygens (including phenoxy) is 1. The number of rotatable bonds is 1. The van der Waals surface area contributed by atoms with Crippen LogP contribution in [0.3, 0.4) is 0 Å². The molecule has 0 aromatic carbocycles. The number of aliphatic hydroxyl groups is 1. The highest BCUT2D eigenvalue weighted by Gasteiger charge is 2.48. The lowest BCUT2D eigenvalue weighted by Gasteiger charge is -2.19. The third kappa shape index (κ3) is 1.57. The summed E-state index contributed by atoms with van der Waals surface area (Å²) in [7, 11) is 0. The van der Waals surface area contributed by atoms with Crippen LogP contribution >= 0.6 is 11.6 Å². The number of aromatic nitrogens is 3. The molecule has 5 nitrogen and oxygen atoms in total. The van der Waals surface area contributed by atoms with Gasteiger partial charge in [-0.1, -0.05) is 18.2 Å². The predicted octanol–water partition coefficient (Wildman–Crippen LogP) is 2.31. The molecular formula is C14H14ClN3O2. The molecule has 1 saturated carbocycles. The summed E-state index contributed by atoms with van der Waals surface area (Å²) in [5.74, 6) is 0.127. The van der Waals surface area contributed by atoms with Gasteiger partial charge in [-0.15, -0.1) is 0 Å². The maximum absolute atomic E-state index is 10.5. The zero-order valence-electron chi connectivity index (χ0n) is 10.7. The standard InChI is InChI=1S/C14H14ClN3O2/c1-7-2-3-8-10(19)14(20-11(7)8)18-5-4-9-12(15)16-6-17-13(9)18/h4-6,8,10-11,14,19H,1-3H2/t8?,10-,11-,14-/m1/s1. The van der Waals surface area contributed by atoms with Gasteiger partial charge in [-0.05, 0) is 24.5 Å². The third-order valence-electron chi connectivity index (χ3n) is 4.34. The van der Waals surface area contributed by atoms with Crippen LogP contribution in [0, 0.1) is 5.92 Å². The third-order valence-corrected chi connectivity index (χ3v) is 4.64. The number of halogens is 1.